The number of sulfonamides is 1. The number of aryl methyl sites for hydroxylation is 1. The van der Waals surface area contributed by atoms with E-state index in [0.717, 1.165) is 13.0 Å². The molecule has 0 saturated carbocycles. The van der Waals surface area contributed by atoms with Crippen LogP contribution in [0, 0.1) is 13.8 Å². The predicted octanol–water partition coefficient (Wildman–Crippen LogP) is -0.433. The Morgan fingerprint density at radius 2 is 2.14 bits per heavy atom. The maximum absolute atomic E-state index is 12.5. The van der Waals surface area contributed by atoms with Gasteiger partial charge in [0.05, 0.1) is 11.4 Å². The van der Waals surface area contributed by atoms with Gasteiger partial charge in [-0.25, -0.2) is 13.1 Å². The van der Waals surface area contributed by atoms with Gasteiger partial charge in [0.1, 0.15) is 11.4 Å². The molecule has 1 atom stereocenters. The first-order chi connectivity index (χ1) is 9.70. The lowest BCUT2D eigenvalue weighted by Crippen LogP contribution is -2.37. The van der Waals surface area contributed by atoms with Crippen molar-refractivity contribution in [1.82, 2.24) is 19.4 Å². The lowest BCUT2D eigenvalue weighted by Gasteiger charge is -2.13. The minimum Gasteiger partial charge on any atom is -0.480 e. The number of likely N-dealkylation sites (N-methyl/N-ethyl adjacent to an activating group) is 1. The van der Waals surface area contributed by atoms with E-state index in [2.05, 4.69) is 14.7 Å². The van der Waals surface area contributed by atoms with Crippen molar-refractivity contribution in [2.75, 3.05) is 20.1 Å². The number of nitrogens with zero attached hydrogens (tertiary/aromatic N) is 3. The first-order valence-electron chi connectivity index (χ1n) is 6.67. The maximum Gasteiger partial charge on any atom is 0.325 e. The summed E-state index contributed by atoms with van der Waals surface area (Å²) in [5.74, 6) is -1.06. The topological polar surface area (TPSA) is 105 Å². The van der Waals surface area contributed by atoms with E-state index in [1.165, 1.54) is 4.68 Å². The van der Waals surface area contributed by atoms with Crippen molar-refractivity contribution in [2.24, 2.45) is 0 Å². The summed E-state index contributed by atoms with van der Waals surface area (Å²) >= 11 is 0. The Balaban J connectivity index is 2.27. The van der Waals surface area contributed by atoms with E-state index in [-0.39, 0.29) is 17.5 Å². The zero-order valence-corrected chi connectivity index (χ0v) is 13.1. The van der Waals surface area contributed by atoms with E-state index in [0.29, 0.717) is 17.9 Å². The van der Waals surface area contributed by atoms with Crippen LogP contribution in [0.2, 0.25) is 0 Å². The summed E-state index contributed by atoms with van der Waals surface area (Å²) < 4.78 is 28.9. The second-order valence-electron chi connectivity index (χ2n) is 5.42. The van der Waals surface area contributed by atoms with Crippen LogP contribution in [0.1, 0.15) is 17.8 Å². The highest BCUT2D eigenvalue weighted by atomic mass is 32.2. The predicted molar refractivity (Wildman–Crippen MR) is 75.6 cm³/mol. The van der Waals surface area contributed by atoms with Crippen LogP contribution in [0.4, 0.5) is 0 Å². The summed E-state index contributed by atoms with van der Waals surface area (Å²) in [7, 11) is -1.76. The summed E-state index contributed by atoms with van der Waals surface area (Å²) in [6.07, 6.45) is 0.761. The highest BCUT2D eigenvalue weighted by Crippen LogP contribution is 2.20. The molecule has 1 aromatic rings. The van der Waals surface area contributed by atoms with Crippen LogP contribution >= 0.6 is 0 Å². The largest absolute Gasteiger partial charge is 0.480 e. The standard InChI is InChI=1S/C12H20N4O4S/c1-8-12(9(2)16(13-8)7-11(17)18)21(19,20)14-10-4-5-15(3)6-10/h10,14H,4-7H2,1-3H3,(H,17,18). The molecule has 2 rings (SSSR count). The highest BCUT2D eigenvalue weighted by molar-refractivity contribution is 7.89. The number of aliphatic carboxylic acids is 1. The van der Waals surface area contributed by atoms with Gasteiger partial charge in [0.2, 0.25) is 10.0 Å². The molecule has 0 aliphatic carbocycles. The molecule has 0 aromatic carbocycles. The third kappa shape index (κ3) is 3.42. The molecule has 1 aromatic heterocycles. The van der Waals surface area contributed by atoms with Crippen LogP contribution in [-0.2, 0) is 21.4 Å². The number of carboxylic acids is 1. The van der Waals surface area contributed by atoms with Crippen molar-refractivity contribution in [3.05, 3.63) is 11.4 Å². The lowest BCUT2D eigenvalue weighted by molar-refractivity contribution is -0.137. The van der Waals surface area contributed by atoms with Gasteiger partial charge in [0.15, 0.2) is 0 Å². The Hall–Kier alpha value is -1.45. The molecule has 0 bridgehead atoms. The zero-order chi connectivity index (χ0) is 15.8. The molecule has 118 valence electrons. The van der Waals surface area contributed by atoms with Crippen molar-refractivity contribution in [3.8, 4) is 0 Å². The number of hydrogen-bond acceptors (Lipinski definition) is 5. The van der Waals surface area contributed by atoms with Gasteiger partial charge in [-0.05, 0) is 33.9 Å². The molecule has 0 spiro atoms. The van der Waals surface area contributed by atoms with E-state index in [4.69, 9.17) is 5.11 Å². The summed E-state index contributed by atoms with van der Waals surface area (Å²) in [6, 6.07) is -0.123. The Labute approximate surface area is 123 Å². The first-order valence-corrected chi connectivity index (χ1v) is 8.15. The van der Waals surface area contributed by atoms with Crippen molar-refractivity contribution in [2.45, 2.75) is 37.8 Å². The van der Waals surface area contributed by atoms with Gasteiger partial charge in [-0.2, -0.15) is 5.10 Å². The quantitative estimate of drug-likeness (QED) is 0.763. The average molecular weight is 316 g/mol. The Morgan fingerprint density at radius 1 is 1.48 bits per heavy atom. The molecule has 1 saturated heterocycles. The van der Waals surface area contributed by atoms with E-state index in [9.17, 15) is 13.2 Å². The molecular formula is C12H20N4O4S. The summed E-state index contributed by atoms with van der Waals surface area (Å²) in [4.78, 5) is 12.9. The third-order valence-corrected chi connectivity index (χ3v) is 5.35. The zero-order valence-electron chi connectivity index (χ0n) is 12.3. The van der Waals surface area contributed by atoms with Crippen molar-refractivity contribution in [1.29, 1.82) is 0 Å². The maximum atomic E-state index is 12.5. The molecule has 1 fully saturated rings. The molecule has 2 N–H and O–H groups in total. The molecule has 1 unspecified atom stereocenters. The van der Waals surface area contributed by atoms with Gasteiger partial charge in [-0.15, -0.1) is 0 Å². The fourth-order valence-electron chi connectivity index (χ4n) is 2.66. The molecule has 1 aliphatic heterocycles. The van der Waals surface area contributed by atoms with Crippen LogP contribution in [0.5, 0.6) is 0 Å². The van der Waals surface area contributed by atoms with Gasteiger partial charge in [0, 0.05) is 12.6 Å². The summed E-state index contributed by atoms with van der Waals surface area (Å²) in [5.41, 5.74) is 0.654. The van der Waals surface area contributed by atoms with Gasteiger partial charge >= 0.3 is 5.97 Å². The number of carbonyl (C=O) groups is 1. The molecular weight excluding hydrogens is 296 g/mol. The van der Waals surface area contributed by atoms with E-state index in [1.807, 2.05) is 7.05 Å². The number of carboxylic acid groups (broad SMARTS) is 1. The van der Waals surface area contributed by atoms with Crippen LogP contribution in [-0.4, -0.2) is 60.4 Å². The lowest BCUT2D eigenvalue weighted by atomic mass is 10.3. The molecule has 0 amide bonds. The monoisotopic (exact) mass is 316 g/mol. The average Bonchev–Trinajstić information content (AvgIpc) is 2.82. The number of likely N-dealkylation sites (tertiary alicyclic amines) is 1. The Morgan fingerprint density at radius 3 is 2.67 bits per heavy atom. The van der Waals surface area contributed by atoms with Crippen molar-refractivity contribution < 1.29 is 18.3 Å². The van der Waals surface area contributed by atoms with Crippen molar-refractivity contribution >= 4 is 16.0 Å². The SMILES string of the molecule is Cc1nn(CC(=O)O)c(C)c1S(=O)(=O)NC1CCN(C)C1. The fourth-order valence-corrected chi connectivity index (χ4v) is 4.33. The van der Waals surface area contributed by atoms with Gasteiger partial charge in [-0.1, -0.05) is 0 Å². The van der Waals surface area contributed by atoms with Gasteiger partial charge in [-0.3, -0.25) is 9.48 Å². The normalized spacial score (nSPS) is 20.0. The second kappa shape index (κ2) is 5.74. The molecule has 8 nitrogen and oxygen atoms in total. The van der Waals surface area contributed by atoms with Gasteiger partial charge < -0.3 is 10.0 Å². The third-order valence-electron chi connectivity index (χ3n) is 3.58. The van der Waals surface area contributed by atoms with E-state index < -0.39 is 16.0 Å². The first kappa shape index (κ1) is 15.9. The molecule has 2 heterocycles. The van der Waals surface area contributed by atoms with Crippen LogP contribution in [0.15, 0.2) is 4.90 Å². The summed E-state index contributed by atoms with van der Waals surface area (Å²) in [6.45, 7) is 4.30. The van der Waals surface area contributed by atoms with Crippen molar-refractivity contribution in [3.63, 3.8) is 0 Å². The Bertz CT molecular complexity index is 652. The van der Waals surface area contributed by atoms with E-state index >= 15 is 0 Å². The minimum absolute atomic E-state index is 0.0818. The molecule has 21 heavy (non-hydrogen) atoms. The molecule has 0 radical (unpaired) electrons. The number of aromatic nitrogens is 2. The van der Waals surface area contributed by atoms with Gasteiger partial charge in [0.25, 0.3) is 0 Å². The molecule has 9 heteroatoms. The second-order valence-corrected chi connectivity index (χ2v) is 7.07. The number of rotatable bonds is 5. The smallest absolute Gasteiger partial charge is 0.325 e. The fraction of sp³-hybridized carbons (Fsp3) is 0.667. The van der Waals surface area contributed by atoms with Crippen LogP contribution in [0.25, 0.3) is 0 Å². The number of nitrogens with one attached hydrogen (secondary N) is 1. The van der Waals surface area contributed by atoms with Crippen LogP contribution in [0.3, 0.4) is 0 Å². The molecule has 1 aliphatic rings. The number of hydrogen-bond donors (Lipinski definition) is 2. The van der Waals surface area contributed by atoms with E-state index in [1.54, 1.807) is 13.8 Å². The van der Waals surface area contributed by atoms with Crippen LogP contribution < -0.4 is 4.72 Å². The highest BCUT2D eigenvalue weighted by Gasteiger charge is 2.30. The Kier molecular flexibility index (Phi) is 4.35. The summed E-state index contributed by atoms with van der Waals surface area (Å²) in [5, 5.41) is 12.8. The minimum atomic E-state index is -3.70.